The molecule has 2 aromatic heterocycles. The predicted octanol–water partition coefficient (Wildman–Crippen LogP) is 0.937. The second-order valence-electron chi connectivity index (χ2n) is 4.85. The number of piperazine rings is 1. The number of aromatic nitrogens is 2. The largest absolute Gasteiger partial charge is 0.337 e. The Morgan fingerprint density at radius 3 is 2.77 bits per heavy atom. The third-order valence-corrected chi connectivity index (χ3v) is 4.62. The highest BCUT2D eigenvalue weighted by Gasteiger charge is 2.22. The van der Waals surface area contributed by atoms with Crippen molar-refractivity contribution >= 4 is 39.2 Å². The molecule has 10 heteroatoms. The number of hydrogen-bond acceptors (Lipinski definition) is 6. The van der Waals surface area contributed by atoms with Gasteiger partial charge in [-0.1, -0.05) is 22.9 Å². The van der Waals surface area contributed by atoms with Crippen molar-refractivity contribution < 1.29 is 4.79 Å². The van der Waals surface area contributed by atoms with Crippen LogP contribution in [0.4, 0.5) is 0 Å². The molecule has 1 amide bonds. The molecule has 116 valence electrons. The van der Waals surface area contributed by atoms with E-state index in [0.29, 0.717) is 41.5 Å². The number of nitrogens with zero attached hydrogens (tertiary/aromatic N) is 5. The van der Waals surface area contributed by atoms with Crippen molar-refractivity contribution in [1.82, 2.24) is 19.5 Å². The normalized spacial score (nSPS) is 15.3. The molecule has 1 aliphatic rings. The molecule has 22 heavy (non-hydrogen) atoms. The zero-order valence-corrected chi connectivity index (χ0v) is 13.0. The van der Waals surface area contributed by atoms with Crippen LogP contribution in [0.2, 0.25) is 5.02 Å². The Kier molecular flexibility index (Phi) is 4.08. The molecular formula is C12H12ClN5O3S. The molecule has 1 fully saturated rings. The molecule has 8 nitrogen and oxygen atoms in total. The third kappa shape index (κ3) is 2.81. The van der Waals surface area contributed by atoms with Crippen LogP contribution >= 0.6 is 22.9 Å². The van der Waals surface area contributed by atoms with Crippen LogP contribution in [-0.4, -0.2) is 51.5 Å². The maximum absolute atomic E-state index is 12.3. The number of amides is 1. The highest BCUT2D eigenvalue weighted by Crippen LogP contribution is 2.19. The van der Waals surface area contributed by atoms with Gasteiger partial charge in [-0.25, -0.2) is 4.98 Å². The summed E-state index contributed by atoms with van der Waals surface area (Å²) in [6.45, 7) is 1.58. The first-order valence-corrected chi connectivity index (χ1v) is 7.79. The van der Waals surface area contributed by atoms with E-state index in [1.165, 1.54) is 15.8 Å². The van der Waals surface area contributed by atoms with E-state index in [0.717, 1.165) is 11.3 Å². The van der Waals surface area contributed by atoms with Gasteiger partial charge in [-0.3, -0.25) is 19.2 Å². The van der Waals surface area contributed by atoms with Crippen LogP contribution in [-0.2, 0) is 11.3 Å². The molecule has 0 N–H and O–H groups in total. The highest BCUT2D eigenvalue weighted by molar-refractivity contribution is 7.16. The van der Waals surface area contributed by atoms with E-state index in [1.807, 2.05) is 0 Å². The van der Waals surface area contributed by atoms with E-state index < -0.39 is 0 Å². The van der Waals surface area contributed by atoms with E-state index >= 15 is 0 Å². The lowest BCUT2D eigenvalue weighted by Gasteiger charge is -2.31. The Morgan fingerprint density at radius 2 is 2.09 bits per heavy atom. The number of carbonyl (C=O) groups excluding carboxylic acids is 1. The smallest absolute Gasteiger partial charge is 0.310 e. The van der Waals surface area contributed by atoms with Crippen molar-refractivity contribution in [3.05, 3.63) is 31.9 Å². The zero-order valence-electron chi connectivity index (χ0n) is 11.4. The van der Waals surface area contributed by atoms with Gasteiger partial charge in [-0.05, 0) is 6.07 Å². The predicted molar refractivity (Wildman–Crippen MR) is 82.8 cm³/mol. The monoisotopic (exact) mass is 341 g/mol. The molecule has 0 saturated carbocycles. The van der Waals surface area contributed by atoms with Crippen molar-refractivity contribution in [2.24, 2.45) is 5.29 Å². The molecule has 0 atom stereocenters. The molecule has 0 radical (unpaired) electrons. The summed E-state index contributed by atoms with van der Waals surface area (Å²) in [6.07, 6.45) is 1.47. The Balaban J connectivity index is 1.80. The third-order valence-electron chi connectivity index (χ3n) is 3.51. The Bertz CT molecular complexity index is 781. The van der Waals surface area contributed by atoms with Crippen molar-refractivity contribution in [2.75, 3.05) is 26.2 Å². The van der Waals surface area contributed by atoms with Crippen LogP contribution in [0.15, 0.2) is 22.3 Å². The number of hydrogen-bond donors (Lipinski definition) is 0. The van der Waals surface area contributed by atoms with Gasteiger partial charge in [0.05, 0.1) is 28.9 Å². The standard InChI is InChI=1S/C12H12ClN5O3S/c13-8-5-9-11(14-6-8)22-12(20)18(9)7-10(19)16-1-3-17(15-21)4-2-16/h5-6H,1-4,7H2. The summed E-state index contributed by atoms with van der Waals surface area (Å²) in [6, 6.07) is 1.63. The van der Waals surface area contributed by atoms with Gasteiger partial charge in [0.15, 0.2) is 0 Å². The zero-order chi connectivity index (χ0) is 15.7. The lowest BCUT2D eigenvalue weighted by Crippen LogP contribution is -2.48. The molecule has 3 heterocycles. The average Bonchev–Trinajstić information content (AvgIpc) is 2.83. The van der Waals surface area contributed by atoms with Crippen molar-refractivity contribution in [1.29, 1.82) is 0 Å². The Hall–Kier alpha value is -2.00. The molecule has 0 bridgehead atoms. The van der Waals surface area contributed by atoms with Crippen molar-refractivity contribution in [3.63, 3.8) is 0 Å². The van der Waals surface area contributed by atoms with Crippen molar-refractivity contribution in [2.45, 2.75) is 6.54 Å². The first-order valence-electron chi connectivity index (χ1n) is 6.59. The van der Waals surface area contributed by atoms with Crippen LogP contribution in [0, 0.1) is 4.91 Å². The summed E-state index contributed by atoms with van der Waals surface area (Å²) in [4.78, 5) is 40.8. The van der Waals surface area contributed by atoms with Gasteiger partial charge in [0.25, 0.3) is 0 Å². The van der Waals surface area contributed by atoms with Gasteiger partial charge < -0.3 is 4.90 Å². The summed E-state index contributed by atoms with van der Waals surface area (Å²) < 4.78 is 1.38. The van der Waals surface area contributed by atoms with Crippen LogP contribution in [0.25, 0.3) is 10.3 Å². The summed E-state index contributed by atoms with van der Waals surface area (Å²) in [5.74, 6) is -0.174. The molecular weight excluding hydrogens is 330 g/mol. The molecule has 0 spiro atoms. The SMILES string of the molecule is O=NN1CCN(C(=O)Cn2c(=O)sc3ncc(Cl)cc32)CC1. The van der Waals surface area contributed by atoms with Gasteiger partial charge in [0.1, 0.15) is 11.4 Å². The Morgan fingerprint density at radius 1 is 1.36 bits per heavy atom. The second kappa shape index (κ2) is 6.01. The maximum Gasteiger partial charge on any atom is 0.310 e. The number of halogens is 1. The molecule has 3 rings (SSSR count). The van der Waals surface area contributed by atoms with Crippen molar-refractivity contribution in [3.8, 4) is 0 Å². The fraction of sp³-hybridized carbons (Fsp3) is 0.417. The van der Waals surface area contributed by atoms with E-state index in [-0.39, 0.29) is 17.3 Å². The number of carbonyl (C=O) groups is 1. The number of thiazole rings is 1. The maximum atomic E-state index is 12.3. The quantitative estimate of drug-likeness (QED) is 0.775. The van der Waals surface area contributed by atoms with Gasteiger partial charge in [0, 0.05) is 19.3 Å². The molecule has 1 saturated heterocycles. The van der Waals surface area contributed by atoms with Gasteiger partial charge in [-0.2, -0.15) is 0 Å². The first kappa shape index (κ1) is 14.9. The topological polar surface area (TPSA) is 87.9 Å². The molecule has 1 aliphatic heterocycles. The molecule has 0 unspecified atom stereocenters. The summed E-state index contributed by atoms with van der Waals surface area (Å²) in [7, 11) is 0. The molecule has 0 aromatic carbocycles. The molecule has 0 aliphatic carbocycles. The first-order chi connectivity index (χ1) is 10.6. The lowest BCUT2D eigenvalue weighted by molar-refractivity contribution is -0.133. The van der Waals surface area contributed by atoms with Crippen LogP contribution in [0.1, 0.15) is 0 Å². The summed E-state index contributed by atoms with van der Waals surface area (Å²) in [5, 5.41) is 4.64. The number of fused-ring (bicyclic) bond motifs is 1. The summed E-state index contributed by atoms with van der Waals surface area (Å²) >= 11 is 6.89. The average molecular weight is 342 g/mol. The van der Waals surface area contributed by atoms with E-state index in [4.69, 9.17) is 11.6 Å². The van der Waals surface area contributed by atoms with Gasteiger partial charge in [-0.15, -0.1) is 4.91 Å². The van der Waals surface area contributed by atoms with Crippen LogP contribution < -0.4 is 4.87 Å². The number of rotatable bonds is 3. The van der Waals surface area contributed by atoms with E-state index in [9.17, 15) is 14.5 Å². The minimum atomic E-state index is -0.244. The Labute approximate surface area is 133 Å². The van der Waals surface area contributed by atoms with Gasteiger partial charge >= 0.3 is 4.87 Å². The fourth-order valence-corrected chi connectivity index (χ4v) is 3.31. The lowest BCUT2D eigenvalue weighted by atomic mass is 10.3. The van der Waals surface area contributed by atoms with E-state index in [1.54, 1.807) is 11.0 Å². The molecule has 2 aromatic rings. The fourth-order valence-electron chi connectivity index (χ4n) is 2.34. The van der Waals surface area contributed by atoms with Crippen LogP contribution in [0.3, 0.4) is 0 Å². The van der Waals surface area contributed by atoms with E-state index in [2.05, 4.69) is 10.3 Å². The second-order valence-corrected chi connectivity index (χ2v) is 6.22. The number of nitroso groups, excluding NO2 is 1. The highest BCUT2D eigenvalue weighted by atomic mass is 35.5. The summed E-state index contributed by atoms with van der Waals surface area (Å²) in [5.41, 5.74) is 0.559. The minimum Gasteiger partial charge on any atom is -0.337 e. The minimum absolute atomic E-state index is 0.0601. The van der Waals surface area contributed by atoms with Crippen LogP contribution in [0.5, 0.6) is 0 Å². The number of pyridine rings is 1. The van der Waals surface area contributed by atoms with Gasteiger partial charge in [0.2, 0.25) is 5.91 Å².